The van der Waals surface area contributed by atoms with Crippen LogP contribution in [-0.2, 0) is 41.1 Å². The van der Waals surface area contributed by atoms with Gasteiger partial charge in [0.05, 0.1) is 12.7 Å². The van der Waals surface area contributed by atoms with Gasteiger partial charge in [0, 0.05) is 19.0 Å². The second kappa shape index (κ2) is 8.79. The average Bonchev–Trinajstić information content (AvgIpc) is 3.02. The molecular weight excluding hydrogens is 420 g/mol. The zero-order valence-electron chi connectivity index (χ0n) is 13.6. The van der Waals surface area contributed by atoms with E-state index in [9.17, 15) is 18.6 Å². The molecule has 2 rings (SSSR count). The van der Waals surface area contributed by atoms with Crippen molar-refractivity contribution in [3.8, 4) is 0 Å². The van der Waals surface area contributed by atoms with Gasteiger partial charge >= 0.3 is 23.5 Å². The molecule has 0 aromatic rings. The Balaban J connectivity index is 1.89. The van der Waals surface area contributed by atoms with Gasteiger partial charge in [0.25, 0.3) is 0 Å². The van der Waals surface area contributed by atoms with Gasteiger partial charge in [-0.1, -0.05) is 0 Å². The smallest absolute Gasteiger partial charge is 0.379 e. The third kappa shape index (κ3) is 7.77. The van der Waals surface area contributed by atoms with Gasteiger partial charge in [-0.05, 0) is 12.8 Å². The number of phosphoric ester groups is 1. The first-order chi connectivity index (χ1) is 11.9. The molecule has 0 aromatic carbocycles. The summed E-state index contributed by atoms with van der Waals surface area (Å²) in [5.74, 6) is 0. The van der Waals surface area contributed by atoms with Gasteiger partial charge in [0.1, 0.15) is 14.0 Å². The van der Waals surface area contributed by atoms with Gasteiger partial charge in [-0.15, -0.1) is 0 Å². The normalized spacial score (nSPS) is 34.5. The van der Waals surface area contributed by atoms with E-state index in [0.29, 0.717) is 19.4 Å². The Morgan fingerprint density at radius 3 is 2.35 bits per heavy atom. The minimum Gasteiger partial charge on any atom is -0.379 e. The van der Waals surface area contributed by atoms with E-state index in [4.69, 9.17) is 28.9 Å². The van der Waals surface area contributed by atoms with Crippen molar-refractivity contribution in [3.05, 3.63) is 0 Å². The standard InChI is InChI=1S/C9H20BO13P3/c10-8-4-6(21-9-2-1-3-18-9)7(20-8)5-19-25(14,15)23-26(16,17)22-24(11,12)13/h6-9H,1-5,10H2,(H,14,15)(H,16,17)(H2,11,12,13). The lowest BCUT2D eigenvalue weighted by atomic mass is 9.96. The van der Waals surface area contributed by atoms with Crippen molar-refractivity contribution in [2.24, 2.45) is 0 Å². The fourth-order valence-corrected chi connectivity index (χ4v) is 5.56. The summed E-state index contributed by atoms with van der Waals surface area (Å²) >= 11 is 0. The zero-order chi connectivity index (χ0) is 19.6. The van der Waals surface area contributed by atoms with Crippen LogP contribution in [0.25, 0.3) is 0 Å². The highest BCUT2D eigenvalue weighted by Crippen LogP contribution is 2.66. The molecule has 0 spiro atoms. The molecule has 2 aliphatic heterocycles. The fraction of sp³-hybridized carbons (Fsp3) is 1.00. The van der Waals surface area contributed by atoms with Crippen LogP contribution in [0.1, 0.15) is 19.3 Å². The van der Waals surface area contributed by atoms with Crippen LogP contribution in [0, 0.1) is 0 Å². The highest BCUT2D eigenvalue weighted by Gasteiger charge is 2.43. The van der Waals surface area contributed by atoms with E-state index in [1.807, 2.05) is 0 Å². The highest BCUT2D eigenvalue weighted by atomic mass is 31.3. The lowest BCUT2D eigenvalue weighted by Crippen LogP contribution is -2.32. The van der Waals surface area contributed by atoms with Crippen molar-refractivity contribution < 1.29 is 60.6 Å². The van der Waals surface area contributed by atoms with Crippen LogP contribution < -0.4 is 0 Å². The van der Waals surface area contributed by atoms with Crippen LogP contribution in [0.15, 0.2) is 0 Å². The molecule has 0 bridgehead atoms. The first kappa shape index (κ1) is 22.6. The molecule has 13 nitrogen and oxygen atoms in total. The second-order valence-corrected chi connectivity index (χ2v) is 10.1. The molecule has 0 saturated carbocycles. The zero-order valence-corrected chi connectivity index (χ0v) is 16.3. The van der Waals surface area contributed by atoms with E-state index in [1.165, 1.54) is 0 Å². The molecule has 6 unspecified atom stereocenters. The maximum atomic E-state index is 11.7. The fourth-order valence-electron chi connectivity index (χ4n) is 2.53. The quantitative estimate of drug-likeness (QED) is 0.268. The highest BCUT2D eigenvalue weighted by molar-refractivity contribution is 7.66. The predicted molar refractivity (Wildman–Crippen MR) is 85.5 cm³/mol. The molecule has 17 heteroatoms. The summed E-state index contributed by atoms with van der Waals surface area (Å²) in [6.07, 6.45) is 0.333. The van der Waals surface area contributed by atoms with Crippen molar-refractivity contribution in [1.82, 2.24) is 0 Å². The van der Waals surface area contributed by atoms with Gasteiger partial charge < -0.3 is 33.8 Å². The maximum absolute atomic E-state index is 11.7. The van der Waals surface area contributed by atoms with Crippen LogP contribution in [0.3, 0.4) is 0 Å². The number of rotatable bonds is 9. The number of hydrogen-bond acceptors (Lipinski definition) is 9. The minimum atomic E-state index is -5.54. The Kier molecular flexibility index (Phi) is 7.66. The molecule has 152 valence electrons. The van der Waals surface area contributed by atoms with E-state index in [0.717, 1.165) is 6.42 Å². The Bertz CT molecular complexity index is 618. The number of hydrogen-bond donors (Lipinski definition) is 4. The molecule has 4 N–H and O–H groups in total. The largest absolute Gasteiger partial charge is 0.490 e. The summed E-state index contributed by atoms with van der Waals surface area (Å²) in [5, 5.41) is 0. The summed E-state index contributed by atoms with van der Waals surface area (Å²) in [6.45, 7) is 0.0332. The van der Waals surface area contributed by atoms with Crippen molar-refractivity contribution in [2.75, 3.05) is 13.2 Å². The maximum Gasteiger partial charge on any atom is 0.490 e. The Morgan fingerprint density at radius 2 is 1.77 bits per heavy atom. The Labute approximate surface area is 149 Å². The molecule has 6 atom stereocenters. The van der Waals surface area contributed by atoms with Gasteiger partial charge in [0.15, 0.2) is 6.29 Å². The average molecular weight is 440 g/mol. The van der Waals surface area contributed by atoms with Crippen molar-refractivity contribution >= 4 is 31.3 Å². The summed E-state index contributed by atoms with van der Waals surface area (Å²) in [7, 11) is -14.4. The van der Waals surface area contributed by atoms with Gasteiger partial charge in [-0.25, -0.2) is 13.7 Å². The van der Waals surface area contributed by atoms with Crippen molar-refractivity contribution in [2.45, 2.75) is 43.8 Å². The molecule has 2 fully saturated rings. The van der Waals surface area contributed by atoms with Gasteiger partial charge in [-0.2, -0.15) is 8.62 Å². The van der Waals surface area contributed by atoms with Crippen LogP contribution in [0.4, 0.5) is 0 Å². The lowest BCUT2D eigenvalue weighted by Gasteiger charge is -2.23. The Hall–Kier alpha value is 0.355. The van der Waals surface area contributed by atoms with Crippen LogP contribution in [0.2, 0.25) is 0 Å². The molecule has 0 radical (unpaired) electrons. The van der Waals surface area contributed by atoms with Gasteiger partial charge in [-0.3, -0.25) is 4.52 Å². The summed E-state index contributed by atoms with van der Waals surface area (Å²) in [4.78, 5) is 35.5. The summed E-state index contributed by atoms with van der Waals surface area (Å²) in [6, 6.07) is -0.226. The lowest BCUT2D eigenvalue weighted by molar-refractivity contribution is -0.160. The minimum absolute atomic E-state index is 0.226. The number of phosphoric acid groups is 3. The van der Waals surface area contributed by atoms with Crippen LogP contribution in [0.5, 0.6) is 0 Å². The molecule has 0 amide bonds. The van der Waals surface area contributed by atoms with Crippen molar-refractivity contribution in [3.63, 3.8) is 0 Å². The topological polar surface area (TPSA) is 188 Å². The van der Waals surface area contributed by atoms with Crippen LogP contribution >= 0.6 is 23.5 Å². The summed E-state index contributed by atoms with van der Waals surface area (Å²) in [5.41, 5.74) is 0. The Morgan fingerprint density at radius 1 is 1.08 bits per heavy atom. The van der Waals surface area contributed by atoms with E-state index in [1.54, 1.807) is 7.85 Å². The monoisotopic (exact) mass is 440 g/mol. The summed E-state index contributed by atoms with van der Waals surface area (Å²) < 4.78 is 62.0. The molecule has 2 saturated heterocycles. The molecule has 0 aromatic heterocycles. The third-order valence-electron chi connectivity index (χ3n) is 3.42. The molecule has 2 heterocycles. The molecule has 26 heavy (non-hydrogen) atoms. The first-order valence-electron chi connectivity index (χ1n) is 7.56. The van der Waals surface area contributed by atoms with E-state index in [-0.39, 0.29) is 6.00 Å². The molecular formula is C9H20BO13P3. The second-order valence-electron chi connectivity index (χ2n) is 5.72. The molecule has 0 aliphatic carbocycles. The predicted octanol–water partition coefficient (Wildman–Crippen LogP) is -0.401. The third-order valence-corrected chi connectivity index (χ3v) is 7.22. The van der Waals surface area contributed by atoms with E-state index >= 15 is 0 Å². The first-order valence-corrected chi connectivity index (χ1v) is 12.1. The van der Waals surface area contributed by atoms with E-state index in [2.05, 4.69) is 13.1 Å². The van der Waals surface area contributed by atoms with Gasteiger partial charge in [0.2, 0.25) is 0 Å². The van der Waals surface area contributed by atoms with Crippen molar-refractivity contribution in [1.29, 1.82) is 0 Å². The van der Waals surface area contributed by atoms with E-state index < -0.39 is 48.6 Å². The number of ether oxygens (including phenoxy) is 3. The molecule has 2 aliphatic rings. The SMILES string of the molecule is BC1CC(OC2CCCO2)C(COP(=O)(O)OP(=O)(O)OP(=O)(O)O)O1. The van der Waals surface area contributed by atoms with Crippen LogP contribution in [-0.4, -0.2) is 65.1 Å².